The molecule has 2 heterocycles. The fraction of sp³-hybridized carbons (Fsp3) is 0.333. The Kier molecular flexibility index (Phi) is 5.43. The van der Waals surface area contributed by atoms with E-state index in [9.17, 15) is 9.59 Å². The Morgan fingerprint density at radius 3 is 2.69 bits per heavy atom. The first-order chi connectivity index (χ1) is 12.6. The minimum absolute atomic E-state index is 0.291. The number of amides is 2. The molecule has 2 aromatic rings. The molecule has 0 radical (unpaired) electrons. The van der Waals surface area contributed by atoms with Crippen LogP contribution in [0.3, 0.4) is 0 Å². The van der Waals surface area contributed by atoms with Crippen LogP contribution in [0.5, 0.6) is 11.5 Å². The van der Waals surface area contributed by atoms with Gasteiger partial charge >= 0.3 is 0 Å². The molecule has 1 saturated heterocycles. The molecule has 0 saturated carbocycles. The van der Waals surface area contributed by atoms with E-state index in [1.165, 1.54) is 19.3 Å². The van der Waals surface area contributed by atoms with Gasteiger partial charge in [-0.15, -0.1) is 0 Å². The average molecular weight is 359 g/mol. The zero-order chi connectivity index (χ0) is 18.5. The van der Waals surface area contributed by atoms with E-state index < -0.39 is 0 Å². The van der Waals surface area contributed by atoms with E-state index in [1.54, 1.807) is 30.5 Å². The molecule has 26 heavy (non-hydrogen) atoms. The van der Waals surface area contributed by atoms with Crippen LogP contribution in [0.2, 0.25) is 0 Å². The van der Waals surface area contributed by atoms with Gasteiger partial charge in [-0.1, -0.05) is 0 Å². The van der Waals surface area contributed by atoms with Crippen molar-refractivity contribution in [3.63, 3.8) is 0 Å². The number of benzene rings is 1. The van der Waals surface area contributed by atoms with E-state index in [4.69, 9.17) is 14.3 Å². The zero-order valence-electron chi connectivity index (χ0n) is 14.7. The molecule has 138 valence electrons. The lowest BCUT2D eigenvalue weighted by Crippen LogP contribution is -2.35. The van der Waals surface area contributed by atoms with Crippen LogP contribution in [0.25, 0.3) is 0 Å². The molecule has 1 fully saturated rings. The van der Waals surface area contributed by atoms with Crippen molar-refractivity contribution in [2.24, 2.45) is 0 Å². The Balaban J connectivity index is 1.93. The number of rotatable bonds is 5. The standard InChI is InChI=1S/C18H21N3O5/c1-24-15-11-12(18(23)21-8-3-4-9-26-21)10-14(16(15)25-2)20-17(22)13-6-5-7-19-13/h5-7,10-11,19H,3-4,8-9H2,1-2H3,(H,20,22). The van der Waals surface area contributed by atoms with Crippen LogP contribution in [0, 0.1) is 0 Å². The highest BCUT2D eigenvalue weighted by Gasteiger charge is 2.24. The zero-order valence-corrected chi connectivity index (χ0v) is 14.7. The SMILES string of the molecule is COc1cc(C(=O)N2CCCCO2)cc(NC(=O)c2ccc[nH]2)c1OC. The maximum Gasteiger partial charge on any atom is 0.277 e. The summed E-state index contributed by atoms with van der Waals surface area (Å²) in [5, 5.41) is 4.08. The molecule has 8 nitrogen and oxygen atoms in total. The summed E-state index contributed by atoms with van der Waals surface area (Å²) in [4.78, 5) is 33.3. The highest BCUT2D eigenvalue weighted by Crippen LogP contribution is 2.37. The summed E-state index contributed by atoms with van der Waals surface area (Å²) in [5.74, 6) is 0.0378. The van der Waals surface area contributed by atoms with Gasteiger partial charge in [-0.25, -0.2) is 5.06 Å². The van der Waals surface area contributed by atoms with Crippen LogP contribution in [-0.2, 0) is 4.84 Å². The van der Waals surface area contributed by atoms with Crippen molar-refractivity contribution in [2.75, 3.05) is 32.7 Å². The number of hydrogen-bond donors (Lipinski definition) is 2. The quantitative estimate of drug-likeness (QED) is 0.855. The summed E-state index contributed by atoms with van der Waals surface area (Å²) < 4.78 is 10.7. The molecule has 1 aliphatic rings. The molecule has 0 spiro atoms. The topological polar surface area (TPSA) is 92.9 Å². The summed E-state index contributed by atoms with van der Waals surface area (Å²) >= 11 is 0. The Hall–Kier alpha value is -3.00. The predicted molar refractivity (Wildman–Crippen MR) is 94.5 cm³/mol. The number of nitrogens with zero attached hydrogens (tertiary/aromatic N) is 1. The van der Waals surface area contributed by atoms with Crippen LogP contribution in [0.15, 0.2) is 30.5 Å². The van der Waals surface area contributed by atoms with Crippen molar-refractivity contribution in [2.45, 2.75) is 12.8 Å². The first-order valence-electron chi connectivity index (χ1n) is 8.29. The Morgan fingerprint density at radius 2 is 2.08 bits per heavy atom. The molecule has 1 aromatic carbocycles. The van der Waals surface area contributed by atoms with E-state index >= 15 is 0 Å². The van der Waals surface area contributed by atoms with Gasteiger partial charge in [0.2, 0.25) is 0 Å². The highest BCUT2D eigenvalue weighted by atomic mass is 16.7. The maximum absolute atomic E-state index is 12.7. The second-order valence-electron chi connectivity index (χ2n) is 5.74. The fourth-order valence-electron chi connectivity index (χ4n) is 2.74. The Morgan fingerprint density at radius 1 is 1.23 bits per heavy atom. The molecular formula is C18H21N3O5. The first-order valence-corrected chi connectivity index (χ1v) is 8.29. The Bertz CT molecular complexity index is 782. The second-order valence-corrected chi connectivity index (χ2v) is 5.74. The van der Waals surface area contributed by atoms with Crippen molar-refractivity contribution in [1.29, 1.82) is 0 Å². The predicted octanol–water partition coefficient (Wildman–Crippen LogP) is 2.45. The van der Waals surface area contributed by atoms with Gasteiger partial charge in [0.25, 0.3) is 11.8 Å². The minimum atomic E-state index is -0.353. The number of hydrogen-bond acceptors (Lipinski definition) is 5. The van der Waals surface area contributed by atoms with E-state index in [0.29, 0.717) is 41.6 Å². The monoisotopic (exact) mass is 359 g/mol. The van der Waals surface area contributed by atoms with Gasteiger partial charge in [-0.05, 0) is 37.1 Å². The van der Waals surface area contributed by atoms with Crippen LogP contribution >= 0.6 is 0 Å². The third-order valence-corrected chi connectivity index (χ3v) is 4.05. The molecule has 0 bridgehead atoms. The van der Waals surface area contributed by atoms with Crippen molar-refractivity contribution >= 4 is 17.5 Å². The van der Waals surface area contributed by atoms with Gasteiger partial charge in [-0.3, -0.25) is 14.4 Å². The summed E-state index contributed by atoms with van der Waals surface area (Å²) in [6.07, 6.45) is 3.46. The lowest BCUT2D eigenvalue weighted by Gasteiger charge is -2.26. The maximum atomic E-state index is 12.7. The third kappa shape index (κ3) is 3.65. The van der Waals surface area contributed by atoms with Crippen LogP contribution in [0.4, 0.5) is 5.69 Å². The minimum Gasteiger partial charge on any atom is -0.493 e. The number of nitrogens with one attached hydrogen (secondary N) is 2. The lowest BCUT2D eigenvalue weighted by molar-refractivity contribution is -0.144. The molecule has 3 rings (SSSR count). The molecular weight excluding hydrogens is 338 g/mol. The second kappa shape index (κ2) is 7.92. The molecule has 2 amide bonds. The van der Waals surface area contributed by atoms with Crippen molar-refractivity contribution in [3.8, 4) is 11.5 Å². The van der Waals surface area contributed by atoms with Gasteiger partial charge < -0.3 is 19.8 Å². The van der Waals surface area contributed by atoms with E-state index in [1.807, 2.05) is 0 Å². The summed E-state index contributed by atoms with van der Waals surface area (Å²) in [6, 6.07) is 6.50. The molecule has 8 heteroatoms. The highest BCUT2D eigenvalue weighted by molar-refractivity contribution is 6.05. The lowest BCUT2D eigenvalue weighted by atomic mass is 10.1. The summed E-state index contributed by atoms with van der Waals surface area (Å²) in [6.45, 7) is 1.03. The first kappa shape index (κ1) is 17.8. The van der Waals surface area contributed by atoms with Crippen molar-refractivity contribution < 1.29 is 23.9 Å². The van der Waals surface area contributed by atoms with Gasteiger partial charge in [0.1, 0.15) is 5.69 Å². The molecule has 0 aliphatic carbocycles. The molecule has 2 N–H and O–H groups in total. The number of aromatic nitrogens is 1. The van der Waals surface area contributed by atoms with Gasteiger partial charge in [-0.2, -0.15) is 0 Å². The van der Waals surface area contributed by atoms with Gasteiger partial charge in [0, 0.05) is 18.3 Å². The number of methoxy groups -OCH3 is 2. The third-order valence-electron chi connectivity index (χ3n) is 4.05. The number of carbonyl (C=O) groups is 2. The summed E-state index contributed by atoms with van der Waals surface area (Å²) in [7, 11) is 2.94. The van der Waals surface area contributed by atoms with Crippen LogP contribution in [-0.4, -0.2) is 49.2 Å². The average Bonchev–Trinajstić information content (AvgIpc) is 3.22. The molecule has 0 unspecified atom stereocenters. The Labute approximate surface area is 151 Å². The van der Waals surface area contributed by atoms with Crippen molar-refractivity contribution in [1.82, 2.24) is 10.0 Å². The van der Waals surface area contributed by atoms with E-state index in [0.717, 1.165) is 12.8 Å². The number of hydroxylamine groups is 2. The van der Waals surface area contributed by atoms with Gasteiger partial charge in [0.15, 0.2) is 11.5 Å². The smallest absolute Gasteiger partial charge is 0.277 e. The summed E-state index contributed by atoms with van der Waals surface area (Å²) in [5.41, 5.74) is 1.07. The van der Waals surface area contributed by atoms with Crippen LogP contribution in [0.1, 0.15) is 33.7 Å². The number of H-pyrrole nitrogens is 1. The van der Waals surface area contributed by atoms with E-state index in [2.05, 4.69) is 10.3 Å². The largest absolute Gasteiger partial charge is 0.493 e. The van der Waals surface area contributed by atoms with Gasteiger partial charge in [0.05, 0.1) is 26.5 Å². The normalized spacial score (nSPS) is 14.0. The van der Waals surface area contributed by atoms with Crippen molar-refractivity contribution in [3.05, 3.63) is 41.7 Å². The number of aromatic amines is 1. The van der Waals surface area contributed by atoms with Crippen LogP contribution < -0.4 is 14.8 Å². The number of ether oxygens (including phenoxy) is 2. The number of anilines is 1. The molecule has 0 atom stereocenters. The molecule has 1 aliphatic heterocycles. The molecule has 1 aromatic heterocycles. The fourth-order valence-corrected chi connectivity index (χ4v) is 2.74. The van der Waals surface area contributed by atoms with E-state index in [-0.39, 0.29) is 11.8 Å². The number of carbonyl (C=O) groups excluding carboxylic acids is 2.